The maximum absolute atomic E-state index is 14.9. The first kappa shape index (κ1) is 34.9. The molecule has 2 fully saturated rings. The van der Waals surface area contributed by atoms with Crippen molar-refractivity contribution >= 4 is 26.2 Å². The zero-order valence-corrected chi connectivity index (χ0v) is 31.4. The summed E-state index contributed by atoms with van der Waals surface area (Å²) in [7, 11) is -7.16. The molecule has 0 aromatic heterocycles. The molecule has 2 bridgehead atoms. The van der Waals surface area contributed by atoms with Gasteiger partial charge in [-0.2, -0.15) is 8.42 Å². The predicted octanol–water partition coefficient (Wildman–Crippen LogP) is 10.5. The molecule has 2 saturated carbocycles. The van der Waals surface area contributed by atoms with Crippen molar-refractivity contribution in [3.8, 4) is 0 Å². The molecule has 2 atom stereocenters. The van der Waals surface area contributed by atoms with Gasteiger partial charge >= 0.3 is 0 Å². The molecule has 2 unspecified atom stereocenters. The maximum Gasteiger partial charge on any atom is 0.278 e. The normalized spacial score (nSPS) is 22.3. The van der Waals surface area contributed by atoms with Gasteiger partial charge in [-0.05, 0) is 91.7 Å². The van der Waals surface area contributed by atoms with Crippen LogP contribution in [0, 0.1) is 16.7 Å². The second kappa shape index (κ2) is 11.3. The van der Waals surface area contributed by atoms with Crippen molar-refractivity contribution in [1.29, 1.82) is 0 Å². The largest absolute Gasteiger partial charge is 0.299 e. The van der Waals surface area contributed by atoms with E-state index in [-0.39, 0.29) is 33.7 Å². The van der Waals surface area contributed by atoms with Crippen molar-refractivity contribution in [2.75, 3.05) is 5.75 Å². The molecular weight excluding hydrogens is 609 g/mol. The van der Waals surface area contributed by atoms with Gasteiger partial charge in [0, 0.05) is 21.1 Å². The minimum atomic E-state index is -4.26. The van der Waals surface area contributed by atoms with Gasteiger partial charge in [-0.25, -0.2) is 3.63 Å². The Morgan fingerprint density at radius 1 is 0.739 bits per heavy atom. The molecule has 46 heavy (non-hydrogen) atoms. The van der Waals surface area contributed by atoms with Crippen LogP contribution in [0.5, 0.6) is 0 Å². The van der Waals surface area contributed by atoms with Crippen LogP contribution in [0.15, 0.2) is 87.5 Å². The van der Waals surface area contributed by atoms with E-state index in [0.29, 0.717) is 12.8 Å². The summed E-state index contributed by atoms with van der Waals surface area (Å²) < 4.78 is 36.9. The predicted molar refractivity (Wildman–Crippen MR) is 191 cm³/mol. The van der Waals surface area contributed by atoms with Gasteiger partial charge in [0.25, 0.3) is 10.1 Å². The fourth-order valence-corrected chi connectivity index (χ4v) is 14.6. The van der Waals surface area contributed by atoms with Crippen LogP contribution in [-0.2, 0) is 34.8 Å². The monoisotopic (exact) mass is 662 g/mol. The molecule has 0 amide bonds. The van der Waals surface area contributed by atoms with E-state index in [1.165, 1.54) is 5.56 Å². The molecule has 6 heteroatoms. The fraction of sp³-hybridized carbons (Fsp3) is 0.525. The Hall–Kier alpha value is -2.41. The number of rotatable bonds is 7. The lowest BCUT2D eigenvalue weighted by Crippen LogP contribution is -2.42. The highest BCUT2D eigenvalue weighted by atomic mass is 32.3. The van der Waals surface area contributed by atoms with Gasteiger partial charge in [-0.15, -0.1) is 0 Å². The van der Waals surface area contributed by atoms with Crippen LogP contribution >= 0.6 is 10.3 Å². The average Bonchev–Trinajstić information content (AvgIpc) is 3.29. The quantitative estimate of drug-likeness (QED) is 0.253. The Labute approximate surface area is 280 Å². The van der Waals surface area contributed by atoms with Crippen molar-refractivity contribution in [3.63, 3.8) is 0 Å². The summed E-state index contributed by atoms with van der Waals surface area (Å²) in [6, 6.07) is 24.4. The van der Waals surface area contributed by atoms with Crippen molar-refractivity contribution in [2.24, 2.45) is 16.7 Å². The molecular formula is C40H54O4S2. The molecule has 4 nitrogen and oxygen atoms in total. The third-order valence-electron chi connectivity index (χ3n) is 10.8. The number of carbonyl (C=O) groups is 1. The molecule has 3 aromatic rings. The molecule has 0 N–H and O–H groups in total. The molecule has 2 aliphatic carbocycles. The number of Topliss-reactive ketones (excluding diaryl/α,β-unsaturated/α-hetero) is 1. The zero-order chi connectivity index (χ0) is 34.1. The van der Waals surface area contributed by atoms with E-state index in [4.69, 9.17) is 3.63 Å². The van der Waals surface area contributed by atoms with Crippen LogP contribution in [-0.4, -0.2) is 20.0 Å². The van der Waals surface area contributed by atoms with Crippen LogP contribution in [0.25, 0.3) is 0 Å². The molecule has 0 aliphatic heterocycles. The number of benzene rings is 3. The summed E-state index contributed by atoms with van der Waals surface area (Å²) >= 11 is 0. The molecule has 3 aromatic carbocycles. The van der Waals surface area contributed by atoms with Gasteiger partial charge < -0.3 is 0 Å². The minimum Gasteiger partial charge on any atom is -0.299 e. The first-order valence-electron chi connectivity index (χ1n) is 16.7. The first-order chi connectivity index (χ1) is 21.1. The zero-order valence-electron chi connectivity index (χ0n) is 29.8. The number of fused-ring (bicyclic) bond motifs is 2. The van der Waals surface area contributed by atoms with E-state index in [9.17, 15) is 13.2 Å². The topological polar surface area (TPSA) is 60.4 Å². The van der Waals surface area contributed by atoms with Crippen molar-refractivity contribution in [1.82, 2.24) is 0 Å². The Morgan fingerprint density at radius 3 is 1.54 bits per heavy atom. The van der Waals surface area contributed by atoms with Crippen LogP contribution < -0.4 is 0 Å². The molecule has 2 aliphatic rings. The van der Waals surface area contributed by atoms with E-state index in [1.807, 2.05) is 60.7 Å². The lowest BCUT2D eigenvalue weighted by atomic mass is 9.70. The highest BCUT2D eigenvalue weighted by Crippen LogP contribution is 2.74. The lowest BCUT2D eigenvalue weighted by molar-refractivity contribution is -0.128. The Morgan fingerprint density at radius 2 is 1.20 bits per heavy atom. The molecule has 0 radical (unpaired) electrons. The van der Waals surface area contributed by atoms with Gasteiger partial charge in [0.15, 0.2) is 0 Å². The smallest absolute Gasteiger partial charge is 0.278 e. The third-order valence-corrected chi connectivity index (χ3v) is 16.2. The van der Waals surface area contributed by atoms with E-state index >= 15 is 0 Å². The van der Waals surface area contributed by atoms with Crippen molar-refractivity contribution in [3.05, 3.63) is 89.5 Å². The number of hydrogen-bond acceptors (Lipinski definition) is 4. The van der Waals surface area contributed by atoms with E-state index in [2.05, 4.69) is 88.3 Å². The number of ketones is 1. The van der Waals surface area contributed by atoms with Gasteiger partial charge in [-0.3, -0.25) is 4.79 Å². The van der Waals surface area contributed by atoms with Crippen LogP contribution in [0.3, 0.4) is 0 Å². The standard InChI is InChI=1S/C40H54O4S2/c1-36(2,3)29-24-32(37(4,5)6)35(33(25-29)38(7,8)9)46(30-18-14-12-15-19-30,31-20-16-13-17-21-31)44-45(42,43)27-40-23-22-28(26-34(40)41)39(40,10)11/h12-21,24-25,28H,22-23,26-27H2,1-11H3. The Bertz CT molecular complexity index is 1650. The second-order valence-corrected chi connectivity index (χ2v) is 21.7. The molecule has 0 heterocycles. The molecule has 0 saturated heterocycles. The minimum absolute atomic E-state index is 0.0706. The highest BCUT2D eigenvalue weighted by molar-refractivity contribution is 8.33. The summed E-state index contributed by atoms with van der Waals surface area (Å²) in [5.74, 6) is -0.0197. The number of hydrogen-bond donors (Lipinski definition) is 0. The molecule has 5 rings (SSSR count). The Kier molecular flexibility index (Phi) is 8.61. The van der Waals surface area contributed by atoms with Gasteiger partial charge in [0.1, 0.15) is 5.78 Å². The van der Waals surface area contributed by atoms with Gasteiger partial charge in [0.2, 0.25) is 0 Å². The van der Waals surface area contributed by atoms with Crippen molar-refractivity contribution in [2.45, 2.75) is 126 Å². The summed E-state index contributed by atoms with van der Waals surface area (Å²) in [6.07, 6.45) is 1.92. The van der Waals surface area contributed by atoms with E-state index < -0.39 is 31.3 Å². The van der Waals surface area contributed by atoms with E-state index in [0.717, 1.165) is 32.2 Å². The summed E-state index contributed by atoms with van der Waals surface area (Å²) in [5, 5.41) is 0. The summed E-state index contributed by atoms with van der Waals surface area (Å²) in [4.78, 5) is 16.2. The molecule has 0 spiro atoms. The second-order valence-electron chi connectivity index (χ2n) is 17.3. The van der Waals surface area contributed by atoms with Crippen LogP contribution in [0.1, 0.15) is 112 Å². The highest BCUT2D eigenvalue weighted by Gasteiger charge is 2.66. The van der Waals surface area contributed by atoms with Crippen LogP contribution in [0.4, 0.5) is 0 Å². The van der Waals surface area contributed by atoms with E-state index in [1.54, 1.807) is 0 Å². The Balaban J connectivity index is 1.91. The van der Waals surface area contributed by atoms with Crippen LogP contribution in [0.2, 0.25) is 0 Å². The first-order valence-corrected chi connectivity index (χ1v) is 19.8. The van der Waals surface area contributed by atoms with Gasteiger partial charge in [0.05, 0.1) is 11.2 Å². The average molecular weight is 663 g/mol. The SMILES string of the molecule is CC(C)(C)c1cc(C(C)(C)C)c(S(OS(=O)(=O)CC23CCC(CC2=O)C3(C)C)(c2ccccc2)c2ccccc2)c(C(C)(C)C)c1. The van der Waals surface area contributed by atoms with Gasteiger partial charge in [-0.1, -0.05) is 125 Å². The summed E-state index contributed by atoms with van der Waals surface area (Å²) in [6.45, 7) is 24.1. The fourth-order valence-electron chi connectivity index (χ4n) is 7.78. The lowest BCUT2D eigenvalue weighted by Gasteiger charge is -2.46. The maximum atomic E-state index is 14.9. The molecule has 250 valence electrons. The summed E-state index contributed by atoms with van der Waals surface area (Å²) in [5.41, 5.74) is 1.22. The number of carbonyl (C=O) groups excluding carboxylic acids is 1. The third kappa shape index (κ3) is 5.81. The van der Waals surface area contributed by atoms with Crippen molar-refractivity contribution < 1.29 is 16.8 Å².